The van der Waals surface area contributed by atoms with Gasteiger partial charge in [-0.05, 0) is 12.8 Å². The molecule has 9 nitrogen and oxygen atoms in total. The van der Waals surface area contributed by atoms with Gasteiger partial charge in [0.05, 0.1) is 17.0 Å². The molecule has 0 aromatic rings. The van der Waals surface area contributed by atoms with Gasteiger partial charge in [-0.25, -0.2) is 13.2 Å². The topological polar surface area (TPSA) is 170 Å². The number of amides is 2. The number of hydrogen-bond acceptors (Lipinski definition) is 6. The maximum absolute atomic E-state index is 11.9. The van der Waals surface area contributed by atoms with Crippen molar-refractivity contribution in [2.75, 3.05) is 5.75 Å². The molecule has 10 heteroatoms. The van der Waals surface area contributed by atoms with E-state index in [9.17, 15) is 27.9 Å². The van der Waals surface area contributed by atoms with E-state index in [0.29, 0.717) is 0 Å². The van der Waals surface area contributed by atoms with Crippen LogP contribution in [0.1, 0.15) is 19.3 Å². The van der Waals surface area contributed by atoms with Gasteiger partial charge < -0.3 is 21.9 Å². The number of carboxylic acids is 1. The van der Waals surface area contributed by atoms with E-state index >= 15 is 0 Å². The van der Waals surface area contributed by atoms with Crippen LogP contribution in [0.2, 0.25) is 0 Å². The fourth-order valence-corrected chi connectivity index (χ4v) is 5.25. The second-order valence-electron chi connectivity index (χ2n) is 5.57. The van der Waals surface area contributed by atoms with E-state index in [4.69, 9.17) is 11.5 Å². The lowest BCUT2D eigenvalue weighted by molar-refractivity contribution is -0.147. The van der Waals surface area contributed by atoms with Crippen molar-refractivity contribution >= 4 is 27.6 Å². The third kappa shape index (κ3) is 2.72. The molecule has 0 aromatic carbocycles. The van der Waals surface area contributed by atoms with E-state index in [0.717, 1.165) is 0 Å². The number of carbonyl (C=O) groups is 3. The van der Waals surface area contributed by atoms with Gasteiger partial charge in [0, 0.05) is 12.3 Å². The highest BCUT2D eigenvalue weighted by Crippen LogP contribution is 2.52. The van der Waals surface area contributed by atoms with Gasteiger partial charge in [-0.3, -0.25) is 9.59 Å². The zero-order valence-electron chi connectivity index (χ0n) is 11.1. The number of sulfone groups is 1. The Hall–Kier alpha value is -1.68. The minimum Gasteiger partial charge on any atom is -0.479 e. The number of aliphatic carboxylic acids is 1. The van der Waals surface area contributed by atoms with Gasteiger partial charge in [0.1, 0.15) is 0 Å². The van der Waals surface area contributed by atoms with Crippen LogP contribution in [-0.2, 0) is 24.2 Å². The largest absolute Gasteiger partial charge is 0.479 e. The van der Waals surface area contributed by atoms with E-state index < -0.39 is 56.1 Å². The second kappa shape index (κ2) is 4.95. The number of nitrogens with one attached hydrogen (secondary N) is 1. The SMILES string of the molecule is NC(=O)CC[C@H](N)C(=O)N[C@@]1(C(=O)O)CS(=O)(=O)[C@H]2C[C@H]21. The summed E-state index contributed by atoms with van der Waals surface area (Å²) in [7, 11) is -3.51. The number of carboxylic acid groups (broad SMARTS) is 1. The summed E-state index contributed by atoms with van der Waals surface area (Å²) in [5.41, 5.74) is 8.70. The van der Waals surface area contributed by atoms with Crippen molar-refractivity contribution < 1.29 is 27.9 Å². The molecular weight excluding hydrogens is 302 g/mol. The lowest BCUT2D eigenvalue weighted by Crippen LogP contribution is -2.61. The number of fused-ring (bicyclic) bond motifs is 1. The van der Waals surface area contributed by atoms with Crippen LogP contribution in [0.5, 0.6) is 0 Å². The van der Waals surface area contributed by atoms with Gasteiger partial charge in [0.2, 0.25) is 11.8 Å². The third-order valence-corrected chi connectivity index (χ3v) is 6.32. The molecule has 2 rings (SSSR count). The predicted molar refractivity (Wildman–Crippen MR) is 70.6 cm³/mol. The predicted octanol–water partition coefficient (Wildman–Crippen LogP) is -2.66. The van der Waals surface area contributed by atoms with Gasteiger partial charge in [0.15, 0.2) is 15.4 Å². The zero-order chi connectivity index (χ0) is 16.0. The summed E-state index contributed by atoms with van der Waals surface area (Å²) >= 11 is 0. The van der Waals surface area contributed by atoms with E-state index in [1.165, 1.54) is 0 Å². The summed E-state index contributed by atoms with van der Waals surface area (Å²) in [6.45, 7) is 0. The molecule has 0 unspecified atom stereocenters. The van der Waals surface area contributed by atoms with Gasteiger partial charge in [0.25, 0.3) is 0 Å². The molecule has 0 spiro atoms. The smallest absolute Gasteiger partial charge is 0.330 e. The number of rotatable bonds is 6. The van der Waals surface area contributed by atoms with Crippen LogP contribution < -0.4 is 16.8 Å². The maximum Gasteiger partial charge on any atom is 0.330 e. The molecule has 2 aliphatic rings. The second-order valence-corrected chi connectivity index (χ2v) is 7.78. The first kappa shape index (κ1) is 15.7. The fraction of sp³-hybridized carbons (Fsp3) is 0.727. The van der Waals surface area contributed by atoms with Crippen molar-refractivity contribution in [2.45, 2.75) is 36.1 Å². The molecule has 1 saturated heterocycles. The minimum absolute atomic E-state index is 0.0300. The van der Waals surface area contributed by atoms with Crippen LogP contribution in [0.25, 0.3) is 0 Å². The molecule has 2 amide bonds. The van der Waals surface area contributed by atoms with Crippen molar-refractivity contribution in [2.24, 2.45) is 17.4 Å². The molecule has 2 fully saturated rings. The summed E-state index contributed by atoms with van der Waals surface area (Å²) in [6, 6.07) is -1.12. The monoisotopic (exact) mass is 319 g/mol. The van der Waals surface area contributed by atoms with Crippen LogP contribution >= 0.6 is 0 Å². The average molecular weight is 319 g/mol. The first-order valence-corrected chi connectivity index (χ1v) is 8.12. The molecule has 6 N–H and O–H groups in total. The van der Waals surface area contributed by atoms with E-state index in [1.54, 1.807) is 0 Å². The summed E-state index contributed by atoms with van der Waals surface area (Å²) in [5, 5.41) is 10.9. The number of carbonyl (C=O) groups excluding carboxylic acids is 2. The Kier molecular flexibility index (Phi) is 3.70. The normalized spacial score (nSPS) is 33.8. The summed E-state index contributed by atoms with van der Waals surface area (Å²) in [6.07, 6.45) is 0.0855. The Balaban J connectivity index is 2.10. The molecule has 0 radical (unpaired) electrons. The standard InChI is InChI=1S/C11H17N3O6S/c12-6(1-2-8(13)15)9(16)14-11(10(17)18)4-21(19,20)7-3-5(7)11/h5-7H,1-4,12H2,(H2,13,15)(H,14,16)(H,17,18)/t5-,6+,7+,11+/m1/s1. The van der Waals surface area contributed by atoms with Gasteiger partial charge in [-0.15, -0.1) is 0 Å². The molecule has 21 heavy (non-hydrogen) atoms. The van der Waals surface area contributed by atoms with Gasteiger partial charge >= 0.3 is 5.97 Å². The number of hydrogen-bond donors (Lipinski definition) is 4. The lowest BCUT2D eigenvalue weighted by atomic mass is 9.95. The van der Waals surface area contributed by atoms with Crippen LogP contribution in [0.3, 0.4) is 0 Å². The molecule has 0 aromatic heterocycles. The summed E-state index contributed by atoms with van der Waals surface area (Å²) in [4.78, 5) is 34.1. The van der Waals surface area contributed by atoms with E-state index in [-0.39, 0.29) is 19.3 Å². The zero-order valence-corrected chi connectivity index (χ0v) is 11.9. The Morgan fingerprint density at radius 1 is 1.38 bits per heavy atom. The quantitative estimate of drug-likeness (QED) is 0.413. The van der Waals surface area contributed by atoms with E-state index in [2.05, 4.69) is 5.32 Å². The van der Waals surface area contributed by atoms with Crippen LogP contribution in [0.15, 0.2) is 0 Å². The van der Waals surface area contributed by atoms with Gasteiger partial charge in [-0.2, -0.15) is 0 Å². The van der Waals surface area contributed by atoms with Crippen molar-refractivity contribution in [3.8, 4) is 0 Å². The number of primary amides is 1. The van der Waals surface area contributed by atoms with Crippen molar-refractivity contribution in [1.82, 2.24) is 5.32 Å². The van der Waals surface area contributed by atoms with Crippen LogP contribution in [0, 0.1) is 5.92 Å². The summed E-state index contributed by atoms with van der Waals surface area (Å²) < 4.78 is 23.6. The molecule has 118 valence electrons. The molecule has 4 atom stereocenters. The van der Waals surface area contributed by atoms with Gasteiger partial charge in [-0.1, -0.05) is 0 Å². The molecule has 1 saturated carbocycles. The van der Waals surface area contributed by atoms with Crippen molar-refractivity contribution in [3.05, 3.63) is 0 Å². The number of nitrogens with two attached hydrogens (primary N) is 2. The van der Waals surface area contributed by atoms with Crippen molar-refractivity contribution in [3.63, 3.8) is 0 Å². The molecule has 1 heterocycles. The highest BCUT2D eigenvalue weighted by atomic mass is 32.2. The Bertz CT molecular complexity index is 603. The third-order valence-electron chi connectivity index (χ3n) is 4.02. The summed E-state index contributed by atoms with van der Waals surface area (Å²) in [5.74, 6) is -4.05. The Morgan fingerprint density at radius 3 is 2.38 bits per heavy atom. The van der Waals surface area contributed by atoms with Crippen molar-refractivity contribution in [1.29, 1.82) is 0 Å². The Labute approximate surface area is 121 Å². The first-order valence-electron chi connectivity index (χ1n) is 6.41. The Morgan fingerprint density at radius 2 is 2.00 bits per heavy atom. The van der Waals surface area contributed by atoms with Crippen LogP contribution in [-0.4, -0.2) is 53.9 Å². The highest BCUT2D eigenvalue weighted by molar-refractivity contribution is 7.92. The fourth-order valence-electron chi connectivity index (χ4n) is 2.76. The first-order chi connectivity index (χ1) is 9.60. The average Bonchev–Trinajstić information content (AvgIpc) is 3.11. The maximum atomic E-state index is 11.9. The molecular formula is C11H17N3O6S. The van der Waals surface area contributed by atoms with Crippen LogP contribution in [0.4, 0.5) is 0 Å². The lowest BCUT2D eigenvalue weighted by Gasteiger charge is -2.28. The minimum atomic E-state index is -3.51. The highest BCUT2D eigenvalue weighted by Gasteiger charge is 2.70. The molecule has 1 aliphatic heterocycles. The molecule has 0 bridgehead atoms. The van der Waals surface area contributed by atoms with E-state index in [1.807, 2.05) is 0 Å². The molecule has 1 aliphatic carbocycles.